The molecule has 102 valence electrons. The number of H-pyrrole nitrogens is 1. The van der Waals surface area contributed by atoms with Crippen molar-refractivity contribution < 1.29 is 8.42 Å². The number of rotatable bonds is 4. The van der Waals surface area contributed by atoms with E-state index in [2.05, 4.69) is 10.2 Å². The summed E-state index contributed by atoms with van der Waals surface area (Å²) in [7, 11) is -2.03. The van der Waals surface area contributed by atoms with Crippen molar-refractivity contribution in [1.82, 2.24) is 14.5 Å². The lowest BCUT2D eigenvalue weighted by Crippen LogP contribution is -2.27. The maximum absolute atomic E-state index is 12.5. The summed E-state index contributed by atoms with van der Waals surface area (Å²) < 4.78 is 26.2. The van der Waals surface area contributed by atoms with E-state index < -0.39 is 10.0 Å². The first-order valence-corrected chi connectivity index (χ1v) is 7.44. The first kappa shape index (κ1) is 14.0. The molecular formula is C12H14ClN3O2S. The Morgan fingerprint density at radius 3 is 2.79 bits per heavy atom. The second kappa shape index (κ2) is 5.32. The number of aromatic nitrogens is 2. The van der Waals surface area contributed by atoms with E-state index in [0.717, 1.165) is 5.56 Å². The van der Waals surface area contributed by atoms with E-state index in [9.17, 15) is 8.42 Å². The van der Waals surface area contributed by atoms with Crippen LogP contribution in [0, 0.1) is 6.92 Å². The maximum Gasteiger partial charge on any atom is 0.243 e. The standard InChI is InChI=1S/C12H14ClN3O2S/c1-9-11(13)4-3-5-12(9)19(17,18)16(2)8-10-6-14-15-7-10/h3-7H,8H2,1-2H3,(H,14,15). The molecule has 1 aromatic heterocycles. The fourth-order valence-electron chi connectivity index (χ4n) is 1.74. The largest absolute Gasteiger partial charge is 0.285 e. The zero-order valence-corrected chi connectivity index (χ0v) is 12.2. The van der Waals surface area contributed by atoms with Gasteiger partial charge in [0.2, 0.25) is 10.0 Å². The molecule has 1 heterocycles. The minimum absolute atomic E-state index is 0.228. The molecule has 1 aromatic carbocycles. The summed E-state index contributed by atoms with van der Waals surface area (Å²) in [6, 6.07) is 4.86. The van der Waals surface area contributed by atoms with Crippen molar-refractivity contribution >= 4 is 21.6 Å². The number of sulfonamides is 1. The van der Waals surface area contributed by atoms with Crippen LogP contribution in [0.1, 0.15) is 11.1 Å². The molecule has 7 heteroatoms. The van der Waals surface area contributed by atoms with Crippen LogP contribution in [0.5, 0.6) is 0 Å². The van der Waals surface area contributed by atoms with Gasteiger partial charge in [0, 0.05) is 30.4 Å². The smallest absolute Gasteiger partial charge is 0.243 e. The average molecular weight is 300 g/mol. The summed E-state index contributed by atoms with van der Waals surface area (Å²) in [6.45, 7) is 1.95. The van der Waals surface area contributed by atoms with E-state index in [1.165, 1.54) is 11.4 Å². The Bertz CT molecular complexity index is 668. The summed E-state index contributed by atoms with van der Waals surface area (Å²) >= 11 is 5.97. The zero-order valence-electron chi connectivity index (χ0n) is 10.6. The lowest BCUT2D eigenvalue weighted by molar-refractivity contribution is 0.466. The van der Waals surface area contributed by atoms with Crippen molar-refractivity contribution in [3.05, 3.63) is 46.7 Å². The minimum Gasteiger partial charge on any atom is -0.285 e. The van der Waals surface area contributed by atoms with Gasteiger partial charge in [-0.25, -0.2) is 8.42 Å². The Balaban J connectivity index is 2.34. The molecule has 0 saturated heterocycles. The third-order valence-corrected chi connectivity index (χ3v) is 5.22. The minimum atomic E-state index is -3.56. The topological polar surface area (TPSA) is 66.1 Å². The molecule has 0 aliphatic rings. The third-order valence-electron chi connectivity index (χ3n) is 2.87. The van der Waals surface area contributed by atoms with Crippen molar-refractivity contribution in [2.24, 2.45) is 0 Å². The van der Waals surface area contributed by atoms with E-state index in [1.54, 1.807) is 37.5 Å². The summed E-state index contributed by atoms with van der Waals surface area (Å²) in [6.07, 6.45) is 3.26. The number of halogens is 1. The molecule has 2 aromatic rings. The lowest BCUT2D eigenvalue weighted by Gasteiger charge is -2.18. The molecular weight excluding hydrogens is 286 g/mol. The Hall–Kier alpha value is -1.37. The van der Waals surface area contributed by atoms with Gasteiger partial charge in [-0.3, -0.25) is 5.10 Å². The van der Waals surface area contributed by atoms with Crippen molar-refractivity contribution in [1.29, 1.82) is 0 Å². The van der Waals surface area contributed by atoms with Crippen molar-refractivity contribution in [2.45, 2.75) is 18.4 Å². The monoisotopic (exact) mass is 299 g/mol. The normalized spacial score (nSPS) is 12.0. The second-order valence-corrected chi connectivity index (χ2v) is 6.65. The van der Waals surface area contributed by atoms with Crippen LogP contribution in [0.3, 0.4) is 0 Å². The van der Waals surface area contributed by atoms with E-state index in [-0.39, 0.29) is 11.4 Å². The Kier molecular flexibility index (Phi) is 3.93. The molecule has 0 fully saturated rings. The van der Waals surface area contributed by atoms with Gasteiger partial charge in [-0.1, -0.05) is 17.7 Å². The van der Waals surface area contributed by atoms with Crippen LogP contribution >= 0.6 is 11.6 Å². The van der Waals surface area contributed by atoms with Crippen LogP contribution in [0.25, 0.3) is 0 Å². The molecule has 0 saturated carbocycles. The molecule has 5 nitrogen and oxygen atoms in total. The van der Waals surface area contributed by atoms with Crippen LogP contribution in [0.2, 0.25) is 5.02 Å². The fraction of sp³-hybridized carbons (Fsp3) is 0.250. The Labute approximate surface area is 117 Å². The Morgan fingerprint density at radius 2 is 2.16 bits per heavy atom. The Morgan fingerprint density at radius 1 is 1.42 bits per heavy atom. The number of nitrogens with zero attached hydrogens (tertiary/aromatic N) is 2. The highest BCUT2D eigenvalue weighted by Crippen LogP contribution is 2.25. The number of hydrogen-bond donors (Lipinski definition) is 1. The van der Waals surface area contributed by atoms with Gasteiger partial charge in [0.1, 0.15) is 0 Å². The summed E-state index contributed by atoms with van der Waals surface area (Å²) in [5.74, 6) is 0. The van der Waals surface area contributed by atoms with E-state index >= 15 is 0 Å². The number of benzene rings is 1. The summed E-state index contributed by atoms with van der Waals surface area (Å²) in [4.78, 5) is 0.228. The fourth-order valence-corrected chi connectivity index (χ4v) is 3.37. The number of hydrogen-bond acceptors (Lipinski definition) is 3. The molecule has 0 amide bonds. The van der Waals surface area contributed by atoms with Crippen LogP contribution < -0.4 is 0 Å². The van der Waals surface area contributed by atoms with Gasteiger partial charge in [-0.15, -0.1) is 0 Å². The SMILES string of the molecule is Cc1c(Cl)cccc1S(=O)(=O)N(C)Cc1cn[nH]c1. The average Bonchev–Trinajstić information content (AvgIpc) is 2.85. The molecule has 0 atom stereocenters. The van der Waals surface area contributed by atoms with Gasteiger partial charge in [-0.05, 0) is 24.6 Å². The summed E-state index contributed by atoms with van der Waals surface area (Å²) in [5.41, 5.74) is 1.36. The lowest BCUT2D eigenvalue weighted by atomic mass is 10.2. The maximum atomic E-state index is 12.5. The number of aromatic amines is 1. The second-order valence-electron chi connectivity index (χ2n) is 4.23. The van der Waals surface area contributed by atoms with Gasteiger partial charge in [0.05, 0.1) is 11.1 Å². The van der Waals surface area contributed by atoms with E-state index in [1.807, 2.05) is 0 Å². The van der Waals surface area contributed by atoms with Crippen LogP contribution in [0.15, 0.2) is 35.5 Å². The molecule has 0 aliphatic carbocycles. The quantitative estimate of drug-likeness (QED) is 0.941. The molecule has 0 radical (unpaired) electrons. The van der Waals surface area contributed by atoms with Gasteiger partial charge in [0.25, 0.3) is 0 Å². The number of nitrogens with one attached hydrogen (secondary N) is 1. The summed E-state index contributed by atoms with van der Waals surface area (Å²) in [5, 5.41) is 6.89. The van der Waals surface area contributed by atoms with Crippen molar-refractivity contribution in [2.75, 3.05) is 7.05 Å². The first-order valence-electron chi connectivity index (χ1n) is 5.62. The highest BCUT2D eigenvalue weighted by atomic mass is 35.5. The predicted octanol–water partition coefficient (Wildman–Crippen LogP) is 2.19. The van der Waals surface area contributed by atoms with Crippen molar-refractivity contribution in [3.63, 3.8) is 0 Å². The zero-order chi connectivity index (χ0) is 14.0. The van der Waals surface area contributed by atoms with Gasteiger partial charge in [0.15, 0.2) is 0 Å². The molecule has 0 bridgehead atoms. The molecule has 1 N–H and O–H groups in total. The highest BCUT2D eigenvalue weighted by Gasteiger charge is 2.23. The van der Waals surface area contributed by atoms with E-state index in [4.69, 9.17) is 11.6 Å². The van der Waals surface area contributed by atoms with Crippen LogP contribution in [-0.2, 0) is 16.6 Å². The molecule has 0 unspecified atom stereocenters. The van der Waals surface area contributed by atoms with E-state index in [0.29, 0.717) is 10.6 Å². The molecule has 2 rings (SSSR count). The molecule has 0 spiro atoms. The van der Waals surface area contributed by atoms with Gasteiger partial charge in [-0.2, -0.15) is 9.40 Å². The van der Waals surface area contributed by atoms with Crippen LogP contribution in [0.4, 0.5) is 0 Å². The van der Waals surface area contributed by atoms with Gasteiger partial charge >= 0.3 is 0 Å². The van der Waals surface area contributed by atoms with Crippen LogP contribution in [-0.4, -0.2) is 30.0 Å². The predicted molar refractivity (Wildman–Crippen MR) is 73.4 cm³/mol. The molecule has 19 heavy (non-hydrogen) atoms. The van der Waals surface area contributed by atoms with Crippen molar-refractivity contribution in [3.8, 4) is 0 Å². The molecule has 0 aliphatic heterocycles. The third kappa shape index (κ3) is 2.80. The highest BCUT2D eigenvalue weighted by molar-refractivity contribution is 7.89. The van der Waals surface area contributed by atoms with Gasteiger partial charge < -0.3 is 0 Å². The first-order chi connectivity index (χ1) is 8.93.